The monoisotopic (exact) mass is 928 g/mol. The van der Waals surface area contributed by atoms with Crippen LogP contribution in [0.1, 0.15) is 96.3 Å². The number of hydrogen-bond donors (Lipinski definition) is 8. The van der Waals surface area contributed by atoms with Crippen molar-refractivity contribution in [3.63, 3.8) is 0 Å². The molecule has 0 radical (unpaired) electrons. The molecule has 1 aliphatic rings. The minimum atomic E-state index is -1.65. The molecule has 7 amide bonds. The molecule has 0 aromatic heterocycles. The standard InChI is InChI=1S/C52H64N8O8/c1-30-42(62)57-49(4,5)32(3)55-39(28-33-21-25-37(26-22-33)41(61)36-18-13-12-14-19-36)44(64)59-52(10,11)48(68)56-40(29-34-23-24-35-17-15-16-20-38(35)27-34)45(65)60-51(8,9)47(67)54-31(2)43(63)58-50(6,7)46(66)53-30/h12-27,30-31,39-40,55H,3,28-29H2,1-2,4-11H3,(H,53,66)(H,54,67)(H,56,68)(H,57,62)(H,58,63)(H,59,64)(H,60,65). The van der Waals surface area contributed by atoms with Gasteiger partial charge in [-0.3, -0.25) is 38.4 Å². The Labute approximate surface area is 397 Å². The lowest BCUT2D eigenvalue weighted by atomic mass is 9.95. The van der Waals surface area contributed by atoms with E-state index >= 15 is 0 Å². The van der Waals surface area contributed by atoms with Crippen molar-refractivity contribution in [2.24, 2.45) is 0 Å². The van der Waals surface area contributed by atoms with E-state index in [0.717, 1.165) is 10.8 Å². The zero-order valence-corrected chi connectivity index (χ0v) is 40.4. The average molecular weight is 929 g/mol. The Morgan fingerprint density at radius 1 is 0.456 bits per heavy atom. The lowest BCUT2D eigenvalue weighted by Crippen LogP contribution is -2.65. The second-order valence-corrected chi connectivity index (χ2v) is 19.5. The molecule has 1 heterocycles. The van der Waals surface area contributed by atoms with Crippen LogP contribution in [0.2, 0.25) is 0 Å². The fourth-order valence-corrected chi connectivity index (χ4v) is 7.29. The molecule has 8 N–H and O–H groups in total. The number of amides is 7. The molecule has 0 saturated carbocycles. The molecular formula is C52H64N8O8. The molecule has 0 aliphatic carbocycles. The molecule has 16 heteroatoms. The summed E-state index contributed by atoms with van der Waals surface area (Å²) in [6, 6.07) is 24.2. The van der Waals surface area contributed by atoms with Crippen LogP contribution in [-0.4, -0.2) is 93.5 Å². The molecule has 0 bridgehead atoms. The largest absolute Gasteiger partial charge is 0.375 e. The number of carbonyl (C=O) groups is 8. The van der Waals surface area contributed by atoms with Crippen LogP contribution in [0.25, 0.3) is 10.8 Å². The van der Waals surface area contributed by atoms with Gasteiger partial charge in [-0.15, -0.1) is 0 Å². The van der Waals surface area contributed by atoms with Gasteiger partial charge in [-0.1, -0.05) is 104 Å². The molecule has 16 nitrogen and oxygen atoms in total. The zero-order valence-electron chi connectivity index (χ0n) is 40.4. The van der Waals surface area contributed by atoms with Crippen molar-refractivity contribution in [2.45, 2.75) is 128 Å². The van der Waals surface area contributed by atoms with E-state index in [1.807, 2.05) is 48.5 Å². The van der Waals surface area contributed by atoms with Crippen LogP contribution < -0.4 is 42.5 Å². The van der Waals surface area contributed by atoms with Crippen molar-refractivity contribution in [1.29, 1.82) is 0 Å². The summed E-state index contributed by atoms with van der Waals surface area (Å²) >= 11 is 0. The third-order valence-electron chi connectivity index (χ3n) is 11.9. The van der Waals surface area contributed by atoms with Crippen molar-refractivity contribution < 1.29 is 38.4 Å². The van der Waals surface area contributed by atoms with Crippen LogP contribution >= 0.6 is 0 Å². The summed E-state index contributed by atoms with van der Waals surface area (Å²) in [6.07, 6.45) is 0.0225. The van der Waals surface area contributed by atoms with E-state index in [1.165, 1.54) is 55.4 Å². The van der Waals surface area contributed by atoms with E-state index in [0.29, 0.717) is 22.3 Å². The summed E-state index contributed by atoms with van der Waals surface area (Å²) in [5.74, 6) is -5.02. The van der Waals surface area contributed by atoms with Crippen LogP contribution in [0.5, 0.6) is 0 Å². The van der Waals surface area contributed by atoms with Gasteiger partial charge in [0.15, 0.2) is 5.78 Å². The van der Waals surface area contributed by atoms with Crippen molar-refractivity contribution in [3.05, 3.63) is 132 Å². The summed E-state index contributed by atoms with van der Waals surface area (Å²) in [5, 5.41) is 24.1. The van der Waals surface area contributed by atoms with Crippen molar-refractivity contribution in [1.82, 2.24) is 42.5 Å². The number of ketones is 1. The highest BCUT2D eigenvalue weighted by Gasteiger charge is 2.40. The van der Waals surface area contributed by atoms with E-state index in [2.05, 4.69) is 49.1 Å². The zero-order chi connectivity index (χ0) is 50.4. The maximum atomic E-state index is 14.5. The van der Waals surface area contributed by atoms with E-state index < -0.39 is 87.7 Å². The van der Waals surface area contributed by atoms with Crippen LogP contribution in [0.4, 0.5) is 0 Å². The van der Waals surface area contributed by atoms with E-state index in [4.69, 9.17) is 0 Å². The second kappa shape index (κ2) is 20.7. The lowest BCUT2D eigenvalue weighted by Gasteiger charge is -2.35. The third-order valence-corrected chi connectivity index (χ3v) is 11.9. The summed E-state index contributed by atoms with van der Waals surface area (Å²) < 4.78 is 0. The Hall–Kier alpha value is -7.36. The average Bonchev–Trinajstić information content (AvgIpc) is 3.27. The van der Waals surface area contributed by atoms with E-state index in [9.17, 15) is 38.4 Å². The molecule has 5 rings (SSSR count). The number of carbonyl (C=O) groups excluding carboxylic acids is 8. The highest BCUT2D eigenvalue weighted by Crippen LogP contribution is 2.20. The molecule has 4 aromatic carbocycles. The van der Waals surface area contributed by atoms with E-state index in [1.54, 1.807) is 62.4 Å². The number of nitrogens with one attached hydrogen (secondary N) is 8. The predicted octanol–water partition coefficient (Wildman–Crippen LogP) is 3.41. The van der Waals surface area contributed by atoms with Crippen LogP contribution in [0.3, 0.4) is 0 Å². The van der Waals surface area contributed by atoms with E-state index in [-0.39, 0.29) is 24.3 Å². The number of fused-ring (bicyclic) bond motifs is 1. The van der Waals surface area contributed by atoms with Gasteiger partial charge in [0.2, 0.25) is 41.4 Å². The highest BCUT2D eigenvalue weighted by molar-refractivity contribution is 6.09. The first kappa shape index (κ1) is 51.6. The molecule has 360 valence electrons. The Morgan fingerprint density at radius 3 is 1.38 bits per heavy atom. The van der Waals surface area contributed by atoms with Crippen LogP contribution in [0, 0.1) is 0 Å². The molecule has 1 aliphatic heterocycles. The Morgan fingerprint density at radius 2 is 0.853 bits per heavy atom. The van der Waals surface area contributed by atoms with Gasteiger partial charge in [0, 0.05) is 29.7 Å². The fourth-order valence-electron chi connectivity index (χ4n) is 7.29. The normalized spacial score (nSPS) is 22.9. The van der Waals surface area contributed by atoms with Gasteiger partial charge in [-0.25, -0.2) is 0 Å². The minimum absolute atomic E-state index is 0.00765. The van der Waals surface area contributed by atoms with Gasteiger partial charge >= 0.3 is 0 Å². The number of rotatable bonds is 6. The molecule has 0 spiro atoms. The molecule has 1 fully saturated rings. The quantitative estimate of drug-likeness (QED) is 0.132. The van der Waals surface area contributed by atoms with Gasteiger partial charge < -0.3 is 42.5 Å². The van der Waals surface area contributed by atoms with Gasteiger partial charge in [0.1, 0.15) is 40.8 Å². The van der Waals surface area contributed by atoms with Gasteiger partial charge in [-0.2, -0.15) is 0 Å². The van der Waals surface area contributed by atoms with Crippen molar-refractivity contribution in [2.75, 3.05) is 0 Å². The maximum Gasteiger partial charge on any atom is 0.245 e. The Balaban J connectivity index is 1.51. The predicted molar refractivity (Wildman–Crippen MR) is 260 cm³/mol. The summed E-state index contributed by atoms with van der Waals surface area (Å²) in [7, 11) is 0. The van der Waals surface area contributed by atoms with Crippen molar-refractivity contribution >= 4 is 57.9 Å². The smallest absolute Gasteiger partial charge is 0.245 e. The summed E-state index contributed by atoms with van der Waals surface area (Å²) in [6.45, 7) is 19.1. The fraction of sp³-hybridized carbons (Fsp3) is 0.385. The Bertz CT molecular complexity index is 2600. The number of benzene rings is 4. The Kier molecular flexibility index (Phi) is 15.7. The SMILES string of the molecule is C=C1NC(Cc2ccc(C(=O)c3ccccc3)cc2)C(=O)NC(C)(C)C(=O)NC(Cc2ccc3ccccc3c2)C(=O)NC(C)(C)C(=O)NC(C)C(=O)NC(C)(C)C(=O)NC(C)C(=O)NC1(C)C. The third kappa shape index (κ3) is 13.0. The first-order chi connectivity index (χ1) is 31.7. The molecule has 4 atom stereocenters. The maximum absolute atomic E-state index is 14.5. The van der Waals surface area contributed by atoms with Gasteiger partial charge in [0.25, 0.3) is 0 Å². The molecule has 68 heavy (non-hydrogen) atoms. The summed E-state index contributed by atoms with van der Waals surface area (Å²) in [5.41, 5.74) is -3.59. The van der Waals surface area contributed by atoms with Crippen molar-refractivity contribution in [3.8, 4) is 0 Å². The molecule has 4 unspecified atom stereocenters. The van der Waals surface area contributed by atoms with Crippen LogP contribution in [0.15, 0.2) is 109 Å². The first-order valence-electron chi connectivity index (χ1n) is 22.5. The number of hydrogen-bond acceptors (Lipinski definition) is 9. The second-order valence-electron chi connectivity index (χ2n) is 19.5. The minimum Gasteiger partial charge on any atom is -0.375 e. The topological polar surface area (TPSA) is 233 Å². The molecular weight excluding hydrogens is 865 g/mol. The summed E-state index contributed by atoms with van der Waals surface area (Å²) in [4.78, 5) is 111. The van der Waals surface area contributed by atoms with Gasteiger partial charge in [0.05, 0.1) is 5.54 Å². The lowest BCUT2D eigenvalue weighted by molar-refractivity contribution is -0.138. The van der Waals surface area contributed by atoms with Crippen LogP contribution in [-0.2, 0) is 46.4 Å². The highest BCUT2D eigenvalue weighted by atomic mass is 16.2. The first-order valence-corrected chi connectivity index (χ1v) is 22.5. The van der Waals surface area contributed by atoms with Gasteiger partial charge in [-0.05, 0) is 91.1 Å². The molecule has 1 saturated heterocycles. The molecule has 4 aromatic rings.